The molecule has 0 bridgehead atoms. The van der Waals surface area contributed by atoms with Gasteiger partial charge in [0.15, 0.2) is 0 Å². The maximum absolute atomic E-state index is 11.6. The van der Waals surface area contributed by atoms with Crippen LogP contribution in [0.5, 0.6) is 5.75 Å². The number of halogens is 1. The van der Waals surface area contributed by atoms with Crippen molar-refractivity contribution < 1.29 is 9.53 Å². The first-order chi connectivity index (χ1) is 8.65. The van der Waals surface area contributed by atoms with Gasteiger partial charge in [0.1, 0.15) is 5.75 Å². The zero-order valence-electron chi connectivity index (χ0n) is 9.72. The van der Waals surface area contributed by atoms with Crippen molar-refractivity contribution in [3.05, 3.63) is 57.3 Å². The van der Waals surface area contributed by atoms with Gasteiger partial charge >= 0.3 is 5.97 Å². The predicted molar refractivity (Wildman–Crippen MR) is 75.2 cm³/mol. The molecule has 1 aromatic carbocycles. The summed E-state index contributed by atoms with van der Waals surface area (Å²) < 4.78 is 5.17. The van der Waals surface area contributed by atoms with Crippen molar-refractivity contribution in [3.8, 4) is 5.75 Å². The van der Waals surface area contributed by atoms with Crippen LogP contribution in [0.1, 0.15) is 10.4 Å². The fourth-order valence-electron chi connectivity index (χ4n) is 1.37. The molecule has 1 aromatic heterocycles. The van der Waals surface area contributed by atoms with E-state index >= 15 is 0 Å². The number of esters is 1. The summed E-state index contributed by atoms with van der Waals surface area (Å²) in [5.41, 5.74) is 0.879. The van der Waals surface area contributed by atoms with Gasteiger partial charge in [0, 0.05) is 16.0 Å². The first-order valence-corrected chi connectivity index (χ1v) is 6.60. The number of aryl methyl sites for hydroxylation is 1. The highest BCUT2D eigenvalue weighted by molar-refractivity contribution is 7.10. The summed E-state index contributed by atoms with van der Waals surface area (Å²) in [5.74, 6) is 0.0999. The Hall–Kier alpha value is -1.58. The summed E-state index contributed by atoms with van der Waals surface area (Å²) >= 11 is 7.46. The number of hydrogen-bond acceptors (Lipinski definition) is 3. The van der Waals surface area contributed by atoms with Crippen LogP contribution in [0.4, 0.5) is 0 Å². The molecular formula is C14H11ClO2S. The van der Waals surface area contributed by atoms with Gasteiger partial charge in [0.25, 0.3) is 0 Å². The Morgan fingerprint density at radius 1 is 1.39 bits per heavy atom. The molecule has 0 atom stereocenters. The Morgan fingerprint density at radius 3 is 2.89 bits per heavy atom. The summed E-state index contributed by atoms with van der Waals surface area (Å²) in [7, 11) is 0. The largest absolute Gasteiger partial charge is 0.423 e. The van der Waals surface area contributed by atoms with Crippen molar-refractivity contribution in [1.82, 2.24) is 0 Å². The van der Waals surface area contributed by atoms with Crippen molar-refractivity contribution >= 4 is 35.0 Å². The average Bonchev–Trinajstić information content (AvgIpc) is 2.84. The second kappa shape index (κ2) is 5.85. The second-order valence-electron chi connectivity index (χ2n) is 3.68. The van der Waals surface area contributed by atoms with Crippen LogP contribution in [-0.2, 0) is 4.79 Å². The summed E-state index contributed by atoms with van der Waals surface area (Å²) in [6.07, 6.45) is 3.14. The van der Waals surface area contributed by atoms with E-state index in [-0.39, 0.29) is 0 Å². The van der Waals surface area contributed by atoms with Crippen molar-refractivity contribution in [2.45, 2.75) is 6.92 Å². The van der Waals surface area contributed by atoms with E-state index in [1.807, 2.05) is 24.4 Å². The minimum absolute atomic E-state index is 0.398. The lowest BCUT2D eigenvalue weighted by atomic mass is 10.2. The topological polar surface area (TPSA) is 26.3 Å². The molecule has 2 nitrogen and oxygen atoms in total. The fourth-order valence-corrected chi connectivity index (χ4v) is 2.10. The third-order valence-electron chi connectivity index (χ3n) is 2.27. The fraction of sp³-hybridized carbons (Fsp3) is 0.0714. The monoisotopic (exact) mass is 278 g/mol. The molecule has 1 heterocycles. The van der Waals surface area contributed by atoms with Crippen LogP contribution in [0.3, 0.4) is 0 Å². The van der Waals surface area contributed by atoms with Crippen molar-refractivity contribution in [2.75, 3.05) is 0 Å². The highest BCUT2D eigenvalue weighted by Crippen LogP contribution is 2.21. The van der Waals surface area contributed by atoms with Gasteiger partial charge in [0.2, 0.25) is 0 Å². The summed E-state index contributed by atoms with van der Waals surface area (Å²) in [4.78, 5) is 12.6. The highest BCUT2D eigenvalue weighted by Gasteiger charge is 2.02. The molecule has 0 radical (unpaired) electrons. The van der Waals surface area contributed by atoms with Crippen LogP contribution in [0.25, 0.3) is 6.08 Å². The lowest BCUT2D eigenvalue weighted by molar-refractivity contribution is -0.128. The summed E-state index contributed by atoms with van der Waals surface area (Å²) in [6.45, 7) is 1.86. The van der Waals surface area contributed by atoms with Crippen LogP contribution in [-0.4, -0.2) is 5.97 Å². The van der Waals surface area contributed by atoms with Gasteiger partial charge in [-0.3, -0.25) is 0 Å². The third kappa shape index (κ3) is 3.45. The van der Waals surface area contributed by atoms with Gasteiger partial charge in [-0.25, -0.2) is 4.79 Å². The number of ether oxygens (including phenoxy) is 1. The Balaban J connectivity index is 2.01. The molecule has 18 heavy (non-hydrogen) atoms. The molecule has 2 rings (SSSR count). The standard InChI is InChI=1S/C14H11ClO2S/c1-10-9-11(4-6-13(10)15)17-14(16)7-5-12-3-2-8-18-12/h2-9H,1H3. The Morgan fingerprint density at radius 2 is 2.22 bits per heavy atom. The van der Waals surface area contributed by atoms with Crippen LogP contribution >= 0.6 is 22.9 Å². The Labute approximate surface area is 114 Å². The lowest BCUT2D eigenvalue weighted by Gasteiger charge is -2.03. The highest BCUT2D eigenvalue weighted by atomic mass is 35.5. The van der Waals surface area contributed by atoms with E-state index in [1.54, 1.807) is 35.6 Å². The van der Waals surface area contributed by atoms with E-state index in [0.29, 0.717) is 10.8 Å². The number of rotatable bonds is 3. The molecule has 0 aliphatic carbocycles. The van der Waals surface area contributed by atoms with Crippen molar-refractivity contribution in [1.29, 1.82) is 0 Å². The van der Waals surface area contributed by atoms with Crippen LogP contribution in [0.15, 0.2) is 41.8 Å². The van der Waals surface area contributed by atoms with E-state index < -0.39 is 5.97 Å². The zero-order chi connectivity index (χ0) is 13.0. The average molecular weight is 279 g/mol. The molecule has 0 unspecified atom stereocenters. The van der Waals surface area contributed by atoms with E-state index in [9.17, 15) is 4.79 Å². The normalized spacial score (nSPS) is 10.8. The number of hydrogen-bond donors (Lipinski definition) is 0. The maximum atomic E-state index is 11.6. The number of carbonyl (C=O) groups is 1. The van der Waals surface area contributed by atoms with E-state index in [4.69, 9.17) is 16.3 Å². The Kier molecular flexibility index (Phi) is 4.18. The minimum Gasteiger partial charge on any atom is -0.423 e. The van der Waals surface area contributed by atoms with Crippen molar-refractivity contribution in [3.63, 3.8) is 0 Å². The first-order valence-electron chi connectivity index (χ1n) is 5.35. The molecule has 92 valence electrons. The molecule has 0 amide bonds. The molecule has 0 fully saturated rings. The minimum atomic E-state index is -0.398. The van der Waals surface area contributed by atoms with Gasteiger partial charge < -0.3 is 4.74 Å². The van der Waals surface area contributed by atoms with Gasteiger partial charge in [-0.1, -0.05) is 17.7 Å². The molecule has 0 aliphatic heterocycles. The van der Waals surface area contributed by atoms with Gasteiger partial charge in [-0.15, -0.1) is 11.3 Å². The van der Waals surface area contributed by atoms with Crippen LogP contribution in [0, 0.1) is 6.92 Å². The quantitative estimate of drug-likeness (QED) is 0.475. The van der Waals surface area contributed by atoms with E-state index in [0.717, 1.165) is 10.4 Å². The van der Waals surface area contributed by atoms with Gasteiger partial charge in [0.05, 0.1) is 0 Å². The third-order valence-corrected chi connectivity index (χ3v) is 3.54. The molecular weight excluding hydrogens is 268 g/mol. The predicted octanol–water partition coefficient (Wildman–Crippen LogP) is 4.33. The molecule has 4 heteroatoms. The molecule has 0 saturated carbocycles. The maximum Gasteiger partial charge on any atom is 0.336 e. The Bertz CT molecular complexity index is 573. The molecule has 2 aromatic rings. The number of benzene rings is 1. The second-order valence-corrected chi connectivity index (χ2v) is 5.07. The molecule has 0 saturated heterocycles. The van der Waals surface area contributed by atoms with Crippen molar-refractivity contribution in [2.24, 2.45) is 0 Å². The van der Waals surface area contributed by atoms with E-state index in [1.165, 1.54) is 6.08 Å². The lowest BCUT2D eigenvalue weighted by Crippen LogP contribution is -2.03. The molecule has 0 spiro atoms. The number of carbonyl (C=O) groups excluding carboxylic acids is 1. The van der Waals surface area contributed by atoms with Gasteiger partial charge in [-0.05, 0) is 48.2 Å². The van der Waals surface area contributed by atoms with Crippen LogP contribution < -0.4 is 4.74 Å². The summed E-state index contributed by atoms with van der Waals surface area (Å²) in [5, 5.41) is 2.61. The summed E-state index contributed by atoms with van der Waals surface area (Å²) in [6, 6.07) is 8.98. The van der Waals surface area contributed by atoms with E-state index in [2.05, 4.69) is 0 Å². The van der Waals surface area contributed by atoms with Gasteiger partial charge in [-0.2, -0.15) is 0 Å². The smallest absolute Gasteiger partial charge is 0.336 e. The SMILES string of the molecule is Cc1cc(OC(=O)C=Cc2cccs2)ccc1Cl. The molecule has 0 N–H and O–H groups in total. The molecule has 0 aliphatic rings. The van der Waals surface area contributed by atoms with Crippen LogP contribution in [0.2, 0.25) is 5.02 Å². The number of thiophene rings is 1. The zero-order valence-corrected chi connectivity index (χ0v) is 11.3. The first kappa shape index (κ1) is 12.9.